The number of benzene rings is 1. The largest absolute Gasteiger partial charge is 0.335 e. The van der Waals surface area contributed by atoms with E-state index in [-0.39, 0.29) is 5.91 Å². The van der Waals surface area contributed by atoms with Crippen LogP contribution in [0.15, 0.2) is 39.3 Å². The summed E-state index contributed by atoms with van der Waals surface area (Å²) in [5, 5.41) is 0. The molecule has 0 spiro atoms. The SMILES string of the molecule is O=C(c1cc(Br)cc(Br)c1)N1CC=CCC1. The predicted molar refractivity (Wildman–Crippen MR) is 71.5 cm³/mol. The van der Waals surface area contributed by atoms with E-state index in [1.807, 2.05) is 29.2 Å². The van der Waals surface area contributed by atoms with Gasteiger partial charge in [-0.1, -0.05) is 44.0 Å². The molecule has 0 bridgehead atoms. The first kappa shape index (κ1) is 11.9. The Hall–Kier alpha value is -0.610. The number of nitrogens with zero attached hydrogens (tertiary/aromatic N) is 1. The van der Waals surface area contributed by atoms with Crippen LogP contribution in [0.25, 0.3) is 0 Å². The number of rotatable bonds is 1. The highest BCUT2D eigenvalue weighted by molar-refractivity contribution is 9.11. The van der Waals surface area contributed by atoms with E-state index in [2.05, 4.69) is 37.9 Å². The minimum absolute atomic E-state index is 0.0892. The van der Waals surface area contributed by atoms with E-state index in [1.165, 1.54) is 0 Å². The molecule has 1 heterocycles. The van der Waals surface area contributed by atoms with Gasteiger partial charge in [0.1, 0.15) is 0 Å². The molecule has 0 atom stereocenters. The van der Waals surface area contributed by atoms with Gasteiger partial charge in [0.2, 0.25) is 0 Å². The molecule has 0 aliphatic carbocycles. The van der Waals surface area contributed by atoms with E-state index in [1.54, 1.807) is 0 Å². The van der Waals surface area contributed by atoms with Gasteiger partial charge in [0.05, 0.1) is 0 Å². The minimum Gasteiger partial charge on any atom is -0.335 e. The quantitative estimate of drug-likeness (QED) is 0.712. The molecule has 2 nitrogen and oxygen atoms in total. The van der Waals surface area contributed by atoms with Gasteiger partial charge in [0.25, 0.3) is 5.91 Å². The summed E-state index contributed by atoms with van der Waals surface area (Å²) in [6.07, 6.45) is 5.09. The number of hydrogen-bond acceptors (Lipinski definition) is 1. The lowest BCUT2D eigenvalue weighted by atomic mass is 10.1. The second-order valence-electron chi connectivity index (χ2n) is 3.67. The highest BCUT2D eigenvalue weighted by atomic mass is 79.9. The van der Waals surface area contributed by atoms with Crippen LogP contribution in [0.2, 0.25) is 0 Å². The van der Waals surface area contributed by atoms with Crippen LogP contribution in [-0.4, -0.2) is 23.9 Å². The molecule has 1 aromatic carbocycles. The van der Waals surface area contributed by atoms with Crippen molar-refractivity contribution in [2.45, 2.75) is 6.42 Å². The second kappa shape index (κ2) is 5.15. The Kier molecular flexibility index (Phi) is 3.82. The van der Waals surface area contributed by atoms with Gasteiger partial charge in [-0.25, -0.2) is 0 Å². The highest BCUT2D eigenvalue weighted by Crippen LogP contribution is 2.21. The minimum atomic E-state index is 0.0892. The number of hydrogen-bond donors (Lipinski definition) is 0. The molecule has 4 heteroatoms. The molecule has 1 aromatic rings. The lowest BCUT2D eigenvalue weighted by molar-refractivity contribution is 0.0771. The summed E-state index contributed by atoms with van der Waals surface area (Å²) in [7, 11) is 0. The number of carbonyl (C=O) groups excluding carboxylic acids is 1. The molecule has 0 unspecified atom stereocenters. The summed E-state index contributed by atoms with van der Waals surface area (Å²) in [5.41, 5.74) is 0.719. The monoisotopic (exact) mass is 343 g/mol. The third-order valence-corrected chi connectivity index (χ3v) is 3.37. The van der Waals surface area contributed by atoms with E-state index in [9.17, 15) is 4.79 Å². The fourth-order valence-corrected chi connectivity index (χ4v) is 2.98. The molecule has 0 N–H and O–H groups in total. The Labute approximate surface area is 112 Å². The van der Waals surface area contributed by atoms with E-state index >= 15 is 0 Å². The van der Waals surface area contributed by atoms with Crippen LogP contribution in [0.4, 0.5) is 0 Å². The summed E-state index contributed by atoms with van der Waals surface area (Å²) in [4.78, 5) is 14.0. The van der Waals surface area contributed by atoms with E-state index in [0.717, 1.165) is 27.5 Å². The molecule has 1 aliphatic heterocycles. The zero-order chi connectivity index (χ0) is 11.5. The number of halogens is 2. The third kappa shape index (κ3) is 2.74. The van der Waals surface area contributed by atoms with Crippen LogP contribution < -0.4 is 0 Å². The summed E-state index contributed by atoms with van der Waals surface area (Å²) >= 11 is 6.78. The molecule has 2 rings (SSSR count). The Bertz CT molecular complexity index is 422. The average Bonchev–Trinajstić information content (AvgIpc) is 2.28. The zero-order valence-corrected chi connectivity index (χ0v) is 11.8. The number of amides is 1. The number of carbonyl (C=O) groups is 1. The molecular weight excluding hydrogens is 334 g/mol. The van der Waals surface area contributed by atoms with Crippen molar-refractivity contribution in [2.75, 3.05) is 13.1 Å². The Morgan fingerprint density at radius 1 is 1.12 bits per heavy atom. The van der Waals surface area contributed by atoms with Crippen molar-refractivity contribution in [3.8, 4) is 0 Å². The molecule has 0 fully saturated rings. The van der Waals surface area contributed by atoms with E-state index in [4.69, 9.17) is 0 Å². The summed E-state index contributed by atoms with van der Waals surface area (Å²) < 4.78 is 1.83. The third-order valence-electron chi connectivity index (χ3n) is 2.45. The van der Waals surface area contributed by atoms with Crippen molar-refractivity contribution in [3.63, 3.8) is 0 Å². The smallest absolute Gasteiger partial charge is 0.254 e. The molecular formula is C12H11Br2NO. The maximum absolute atomic E-state index is 12.2. The second-order valence-corrected chi connectivity index (χ2v) is 5.50. The summed E-state index contributed by atoms with van der Waals surface area (Å²) in [5.74, 6) is 0.0892. The van der Waals surface area contributed by atoms with Crippen molar-refractivity contribution in [1.82, 2.24) is 4.90 Å². The molecule has 0 radical (unpaired) electrons. The highest BCUT2D eigenvalue weighted by Gasteiger charge is 2.16. The molecule has 0 saturated heterocycles. The molecule has 1 amide bonds. The Morgan fingerprint density at radius 3 is 2.38 bits per heavy atom. The van der Waals surface area contributed by atoms with Crippen molar-refractivity contribution >= 4 is 37.8 Å². The van der Waals surface area contributed by atoms with Gasteiger partial charge in [-0.15, -0.1) is 0 Å². The molecule has 84 valence electrons. The van der Waals surface area contributed by atoms with E-state index in [0.29, 0.717) is 6.54 Å². The molecule has 16 heavy (non-hydrogen) atoms. The summed E-state index contributed by atoms with van der Waals surface area (Å²) in [6, 6.07) is 5.63. The van der Waals surface area contributed by atoms with Crippen molar-refractivity contribution < 1.29 is 4.79 Å². The van der Waals surface area contributed by atoms with E-state index < -0.39 is 0 Å². The van der Waals surface area contributed by atoms with Crippen molar-refractivity contribution in [1.29, 1.82) is 0 Å². The Morgan fingerprint density at radius 2 is 1.81 bits per heavy atom. The lowest BCUT2D eigenvalue weighted by Gasteiger charge is -2.23. The van der Waals surface area contributed by atoms with Crippen LogP contribution in [0.5, 0.6) is 0 Å². The van der Waals surface area contributed by atoms with Gasteiger partial charge in [-0.05, 0) is 24.6 Å². The molecule has 1 aliphatic rings. The van der Waals surface area contributed by atoms with Gasteiger partial charge < -0.3 is 4.90 Å². The van der Waals surface area contributed by atoms with Crippen LogP contribution >= 0.6 is 31.9 Å². The van der Waals surface area contributed by atoms with Gasteiger partial charge in [0.15, 0.2) is 0 Å². The van der Waals surface area contributed by atoms with Gasteiger partial charge in [-0.2, -0.15) is 0 Å². The first-order chi connectivity index (χ1) is 7.66. The average molecular weight is 345 g/mol. The fourth-order valence-electron chi connectivity index (χ4n) is 1.69. The van der Waals surface area contributed by atoms with Crippen molar-refractivity contribution in [2.24, 2.45) is 0 Å². The normalized spacial score (nSPS) is 15.2. The topological polar surface area (TPSA) is 20.3 Å². The standard InChI is InChI=1S/C12H11Br2NO/c13-10-6-9(7-11(14)8-10)12(16)15-4-2-1-3-5-15/h1-2,6-8H,3-5H2. The van der Waals surface area contributed by atoms with Crippen LogP contribution in [-0.2, 0) is 0 Å². The van der Waals surface area contributed by atoms with Crippen LogP contribution in [0, 0.1) is 0 Å². The zero-order valence-electron chi connectivity index (χ0n) is 8.62. The van der Waals surface area contributed by atoms with Crippen LogP contribution in [0.1, 0.15) is 16.8 Å². The molecule has 0 aromatic heterocycles. The van der Waals surface area contributed by atoms with Crippen molar-refractivity contribution in [3.05, 3.63) is 44.9 Å². The molecule has 0 saturated carbocycles. The van der Waals surface area contributed by atoms with Gasteiger partial charge in [0, 0.05) is 27.6 Å². The van der Waals surface area contributed by atoms with Gasteiger partial charge in [-0.3, -0.25) is 4.79 Å². The summed E-state index contributed by atoms with van der Waals surface area (Å²) in [6.45, 7) is 1.52. The maximum Gasteiger partial charge on any atom is 0.254 e. The Balaban J connectivity index is 2.23. The maximum atomic E-state index is 12.2. The first-order valence-corrected chi connectivity index (χ1v) is 6.66. The van der Waals surface area contributed by atoms with Crippen LogP contribution in [0.3, 0.4) is 0 Å². The van der Waals surface area contributed by atoms with Gasteiger partial charge >= 0.3 is 0 Å². The lowest BCUT2D eigenvalue weighted by Crippen LogP contribution is -2.33. The first-order valence-electron chi connectivity index (χ1n) is 5.07. The predicted octanol–water partition coefficient (Wildman–Crippen LogP) is 3.61. The fraction of sp³-hybridized carbons (Fsp3) is 0.250.